The SMILES string of the molecule is Nc1c(C(=O)NC2CC2)sc2ncccc12. The van der Waals surface area contributed by atoms with Gasteiger partial charge in [-0.25, -0.2) is 4.98 Å². The van der Waals surface area contributed by atoms with Gasteiger partial charge < -0.3 is 11.1 Å². The molecular formula is C11H11N3OS. The molecule has 0 radical (unpaired) electrons. The van der Waals surface area contributed by atoms with E-state index in [4.69, 9.17) is 5.73 Å². The summed E-state index contributed by atoms with van der Waals surface area (Å²) in [5.41, 5.74) is 6.49. The molecule has 3 rings (SSSR count). The van der Waals surface area contributed by atoms with Crippen molar-refractivity contribution in [3.05, 3.63) is 23.2 Å². The van der Waals surface area contributed by atoms with Gasteiger partial charge in [-0.15, -0.1) is 11.3 Å². The van der Waals surface area contributed by atoms with Gasteiger partial charge in [0.1, 0.15) is 9.71 Å². The number of hydrogen-bond donors (Lipinski definition) is 2. The lowest BCUT2D eigenvalue weighted by Crippen LogP contribution is -2.25. The molecule has 2 heterocycles. The number of pyridine rings is 1. The van der Waals surface area contributed by atoms with Crippen molar-refractivity contribution in [2.24, 2.45) is 0 Å². The van der Waals surface area contributed by atoms with Crippen LogP contribution in [0.15, 0.2) is 18.3 Å². The summed E-state index contributed by atoms with van der Waals surface area (Å²) < 4.78 is 0. The second-order valence-electron chi connectivity index (χ2n) is 3.95. The molecule has 1 aliphatic carbocycles. The molecule has 0 aromatic carbocycles. The Morgan fingerprint density at radius 2 is 2.38 bits per heavy atom. The van der Waals surface area contributed by atoms with Gasteiger partial charge in [-0.1, -0.05) is 0 Å². The van der Waals surface area contributed by atoms with Gasteiger partial charge in [-0.2, -0.15) is 0 Å². The maximum Gasteiger partial charge on any atom is 0.263 e. The van der Waals surface area contributed by atoms with Crippen LogP contribution >= 0.6 is 11.3 Å². The number of fused-ring (bicyclic) bond motifs is 1. The smallest absolute Gasteiger partial charge is 0.263 e. The molecule has 0 spiro atoms. The number of anilines is 1. The van der Waals surface area contributed by atoms with Crippen molar-refractivity contribution in [3.63, 3.8) is 0 Å². The zero-order valence-electron chi connectivity index (χ0n) is 8.56. The standard InChI is InChI=1S/C11H11N3OS/c12-8-7-2-1-5-13-11(7)16-9(8)10(15)14-6-3-4-6/h1-2,5-6H,3-4,12H2,(H,14,15). The first-order valence-electron chi connectivity index (χ1n) is 5.19. The summed E-state index contributed by atoms with van der Waals surface area (Å²) in [6.07, 6.45) is 3.87. The van der Waals surface area contributed by atoms with Crippen LogP contribution in [0.4, 0.5) is 5.69 Å². The number of carbonyl (C=O) groups excluding carboxylic acids is 1. The predicted molar refractivity (Wildman–Crippen MR) is 64.5 cm³/mol. The molecule has 0 atom stereocenters. The summed E-state index contributed by atoms with van der Waals surface area (Å²) in [5, 5.41) is 3.80. The molecular weight excluding hydrogens is 222 g/mol. The third kappa shape index (κ3) is 1.53. The molecule has 0 bridgehead atoms. The zero-order chi connectivity index (χ0) is 11.1. The zero-order valence-corrected chi connectivity index (χ0v) is 9.38. The van der Waals surface area contributed by atoms with Gasteiger partial charge >= 0.3 is 0 Å². The molecule has 5 heteroatoms. The molecule has 4 nitrogen and oxygen atoms in total. The van der Waals surface area contributed by atoms with Gasteiger partial charge in [0.15, 0.2) is 0 Å². The first-order chi connectivity index (χ1) is 7.75. The molecule has 1 saturated carbocycles. The van der Waals surface area contributed by atoms with E-state index >= 15 is 0 Å². The third-order valence-electron chi connectivity index (χ3n) is 2.62. The van der Waals surface area contributed by atoms with Gasteiger partial charge in [0.05, 0.1) is 5.69 Å². The van der Waals surface area contributed by atoms with E-state index in [9.17, 15) is 4.79 Å². The van der Waals surface area contributed by atoms with Gasteiger partial charge in [0.2, 0.25) is 0 Å². The minimum absolute atomic E-state index is 0.0667. The topological polar surface area (TPSA) is 68.0 Å². The van der Waals surface area contributed by atoms with Gasteiger partial charge in [0, 0.05) is 17.6 Å². The van der Waals surface area contributed by atoms with Gasteiger partial charge in [-0.05, 0) is 25.0 Å². The lowest BCUT2D eigenvalue weighted by molar-refractivity contribution is 0.0956. The molecule has 1 fully saturated rings. The quantitative estimate of drug-likeness (QED) is 0.830. The summed E-state index contributed by atoms with van der Waals surface area (Å²) in [6.45, 7) is 0. The first kappa shape index (κ1) is 9.59. The van der Waals surface area contributed by atoms with Crippen LogP contribution in [0.5, 0.6) is 0 Å². The fourth-order valence-corrected chi connectivity index (χ4v) is 2.56. The van der Waals surface area contributed by atoms with Crippen molar-refractivity contribution in [2.45, 2.75) is 18.9 Å². The first-order valence-corrected chi connectivity index (χ1v) is 6.01. The second-order valence-corrected chi connectivity index (χ2v) is 4.95. The average molecular weight is 233 g/mol. The largest absolute Gasteiger partial charge is 0.397 e. The van der Waals surface area contributed by atoms with Crippen molar-refractivity contribution in [2.75, 3.05) is 5.73 Å². The van der Waals surface area contributed by atoms with Crippen LogP contribution in [0.2, 0.25) is 0 Å². The highest BCUT2D eigenvalue weighted by Crippen LogP contribution is 2.32. The van der Waals surface area contributed by atoms with Gasteiger partial charge in [0.25, 0.3) is 5.91 Å². The van der Waals surface area contributed by atoms with E-state index in [-0.39, 0.29) is 5.91 Å². The van der Waals surface area contributed by atoms with Crippen LogP contribution in [0.3, 0.4) is 0 Å². The summed E-state index contributed by atoms with van der Waals surface area (Å²) in [4.78, 5) is 17.5. The summed E-state index contributed by atoms with van der Waals surface area (Å²) in [5.74, 6) is -0.0667. The lowest BCUT2D eigenvalue weighted by atomic mass is 10.2. The van der Waals surface area contributed by atoms with Crippen LogP contribution in [0.25, 0.3) is 10.2 Å². The highest BCUT2D eigenvalue weighted by Gasteiger charge is 2.26. The number of nitrogens with one attached hydrogen (secondary N) is 1. The fourth-order valence-electron chi connectivity index (χ4n) is 1.60. The highest BCUT2D eigenvalue weighted by atomic mass is 32.1. The molecule has 16 heavy (non-hydrogen) atoms. The van der Waals surface area contributed by atoms with E-state index in [1.807, 2.05) is 12.1 Å². The molecule has 82 valence electrons. The van der Waals surface area contributed by atoms with E-state index < -0.39 is 0 Å². The van der Waals surface area contributed by atoms with Crippen LogP contribution in [-0.4, -0.2) is 16.9 Å². The van der Waals surface area contributed by atoms with Crippen molar-refractivity contribution in [3.8, 4) is 0 Å². The minimum atomic E-state index is -0.0667. The van der Waals surface area contributed by atoms with Crippen molar-refractivity contribution >= 4 is 33.1 Å². The number of aromatic nitrogens is 1. The van der Waals surface area contributed by atoms with Crippen LogP contribution in [-0.2, 0) is 0 Å². The monoisotopic (exact) mass is 233 g/mol. The number of rotatable bonds is 2. The number of nitrogen functional groups attached to an aromatic ring is 1. The number of thiophene rings is 1. The average Bonchev–Trinajstić information content (AvgIpc) is 3.03. The van der Waals surface area contributed by atoms with E-state index in [1.54, 1.807) is 6.20 Å². The number of nitrogens with zero attached hydrogens (tertiary/aromatic N) is 1. The van der Waals surface area contributed by atoms with Crippen LogP contribution < -0.4 is 11.1 Å². The van der Waals surface area contributed by atoms with E-state index in [2.05, 4.69) is 10.3 Å². The Bertz CT molecular complexity index is 559. The maximum atomic E-state index is 11.9. The van der Waals surface area contributed by atoms with E-state index in [1.165, 1.54) is 11.3 Å². The van der Waals surface area contributed by atoms with Crippen molar-refractivity contribution in [1.29, 1.82) is 0 Å². The van der Waals surface area contributed by atoms with Crippen molar-refractivity contribution < 1.29 is 4.79 Å². The predicted octanol–water partition coefficient (Wildman–Crippen LogP) is 1.77. The number of amides is 1. The van der Waals surface area contributed by atoms with Gasteiger partial charge in [-0.3, -0.25) is 4.79 Å². The Kier molecular flexibility index (Phi) is 2.07. The molecule has 0 saturated heterocycles. The minimum Gasteiger partial charge on any atom is -0.397 e. The number of carbonyl (C=O) groups is 1. The molecule has 3 N–H and O–H groups in total. The Balaban J connectivity index is 2.02. The second kappa shape index (κ2) is 3.45. The molecule has 1 aliphatic rings. The Morgan fingerprint density at radius 1 is 1.56 bits per heavy atom. The van der Waals surface area contributed by atoms with E-state index in [0.29, 0.717) is 16.6 Å². The highest BCUT2D eigenvalue weighted by molar-refractivity contribution is 7.21. The summed E-state index contributed by atoms with van der Waals surface area (Å²) in [6, 6.07) is 4.07. The third-order valence-corrected chi connectivity index (χ3v) is 3.75. The lowest BCUT2D eigenvalue weighted by Gasteiger charge is -2.00. The molecule has 2 aromatic rings. The molecule has 2 aromatic heterocycles. The normalized spacial score (nSPS) is 15.2. The Hall–Kier alpha value is -1.62. The molecule has 0 aliphatic heterocycles. The Labute approximate surface area is 96.5 Å². The fraction of sp³-hybridized carbons (Fsp3) is 0.273. The maximum absolute atomic E-state index is 11.9. The summed E-state index contributed by atoms with van der Waals surface area (Å²) >= 11 is 1.35. The van der Waals surface area contributed by atoms with E-state index in [0.717, 1.165) is 23.1 Å². The number of nitrogens with two attached hydrogens (primary N) is 1. The number of hydrogen-bond acceptors (Lipinski definition) is 4. The molecule has 1 amide bonds. The molecule has 0 unspecified atom stereocenters. The Morgan fingerprint density at radius 3 is 3.06 bits per heavy atom. The van der Waals surface area contributed by atoms with Crippen molar-refractivity contribution in [1.82, 2.24) is 10.3 Å². The van der Waals surface area contributed by atoms with Crippen LogP contribution in [0.1, 0.15) is 22.5 Å². The van der Waals surface area contributed by atoms with Crippen LogP contribution in [0, 0.1) is 0 Å². The summed E-state index contributed by atoms with van der Waals surface area (Å²) in [7, 11) is 0.